The highest BCUT2D eigenvalue weighted by atomic mass is 32.1. The number of fused-ring (bicyclic) bond motifs is 1. The summed E-state index contributed by atoms with van der Waals surface area (Å²) in [4.78, 5) is 43.3. The number of hydrogen-bond acceptors (Lipinski definition) is 7. The van der Waals surface area contributed by atoms with Crippen molar-refractivity contribution in [2.24, 2.45) is 0 Å². The minimum atomic E-state index is -0.323. The molecule has 1 aromatic heterocycles. The van der Waals surface area contributed by atoms with Gasteiger partial charge in [0, 0.05) is 36.7 Å². The van der Waals surface area contributed by atoms with Gasteiger partial charge in [0.25, 0.3) is 0 Å². The third-order valence-corrected chi connectivity index (χ3v) is 5.81. The molecule has 0 radical (unpaired) electrons. The summed E-state index contributed by atoms with van der Waals surface area (Å²) in [7, 11) is 0. The van der Waals surface area contributed by atoms with E-state index in [2.05, 4.69) is 15.6 Å². The molecule has 0 unspecified atom stereocenters. The second-order valence-corrected chi connectivity index (χ2v) is 8.56. The smallest absolute Gasteiger partial charge is 0.240 e. The molecule has 0 spiro atoms. The van der Waals surface area contributed by atoms with Crippen LogP contribution >= 0.6 is 11.3 Å². The van der Waals surface area contributed by atoms with Gasteiger partial charge in [-0.3, -0.25) is 14.4 Å². The highest BCUT2D eigenvalue weighted by molar-refractivity contribution is 7.13. The number of benzene rings is 2. The van der Waals surface area contributed by atoms with E-state index in [9.17, 15) is 14.4 Å². The summed E-state index contributed by atoms with van der Waals surface area (Å²) in [5, 5.41) is 7.73. The lowest BCUT2D eigenvalue weighted by atomic mass is 10.2. The van der Waals surface area contributed by atoms with Crippen LogP contribution < -0.4 is 25.0 Å². The van der Waals surface area contributed by atoms with Gasteiger partial charge in [-0.05, 0) is 36.8 Å². The number of hydrogen-bond donors (Lipinski definition) is 2. The molecule has 0 saturated heterocycles. The largest absolute Gasteiger partial charge is 0.454 e. The molecular formula is C24H24N4O5S. The Kier molecular flexibility index (Phi) is 7.38. The van der Waals surface area contributed by atoms with Crippen molar-refractivity contribution in [3.8, 4) is 11.5 Å². The number of nitrogens with zero attached hydrogens (tertiary/aromatic N) is 2. The van der Waals surface area contributed by atoms with Gasteiger partial charge in [-0.25, -0.2) is 4.98 Å². The summed E-state index contributed by atoms with van der Waals surface area (Å²) in [6, 6.07) is 12.8. The maximum atomic E-state index is 13.0. The second-order valence-electron chi connectivity index (χ2n) is 7.67. The van der Waals surface area contributed by atoms with Gasteiger partial charge in [0.2, 0.25) is 24.5 Å². The van der Waals surface area contributed by atoms with Gasteiger partial charge in [0.05, 0.1) is 0 Å². The number of rotatable bonds is 9. The van der Waals surface area contributed by atoms with Crippen molar-refractivity contribution in [2.75, 3.05) is 23.6 Å². The number of nitrogens with one attached hydrogen (secondary N) is 2. The molecule has 0 bridgehead atoms. The van der Waals surface area contributed by atoms with Crippen LogP contribution in [0.25, 0.3) is 0 Å². The Balaban J connectivity index is 1.36. The van der Waals surface area contributed by atoms with Crippen LogP contribution in [0.1, 0.15) is 24.0 Å². The van der Waals surface area contributed by atoms with Gasteiger partial charge in [0.15, 0.2) is 16.6 Å². The molecular weight excluding hydrogens is 456 g/mol. The van der Waals surface area contributed by atoms with E-state index in [0.717, 1.165) is 11.1 Å². The summed E-state index contributed by atoms with van der Waals surface area (Å²) in [5.41, 5.74) is 2.48. The zero-order valence-corrected chi connectivity index (χ0v) is 19.4. The zero-order chi connectivity index (χ0) is 23.9. The number of carbonyl (C=O) groups is 3. The van der Waals surface area contributed by atoms with E-state index in [0.29, 0.717) is 22.3 Å². The van der Waals surface area contributed by atoms with Gasteiger partial charge in [0.1, 0.15) is 6.54 Å². The van der Waals surface area contributed by atoms with Crippen LogP contribution in [0, 0.1) is 6.92 Å². The van der Waals surface area contributed by atoms with Crippen LogP contribution in [-0.2, 0) is 20.9 Å². The standard InChI is InChI=1S/C24H24N4O5S/c1-16-2-5-18(6-3-16)28(23(31)9-8-21(29)27-24-25-10-11-34-24)14-22(30)26-13-17-4-7-19-20(12-17)33-15-32-19/h2-7,10-12H,8-9,13-15H2,1H3,(H,26,30)(H,25,27,29). The first-order valence-corrected chi connectivity index (χ1v) is 11.6. The van der Waals surface area contributed by atoms with Crippen LogP contribution in [-0.4, -0.2) is 36.0 Å². The Morgan fingerprint density at radius 2 is 1.82 bits per heavy atom. The Morgan fingerprint density at radius 1 is 1.03 bits per heavy atom. The molecule has 0 fully saturated rings. The van der Waals surface area contributed by atoms with Crippen LogP contribution in [0.5, 0.6) is 11.5 Å². The number of amides is 3. The van der Waals surface area contributed by atoms with Gasteiger partial charge in [-0.1, -0.05) is 23.8 Å². The average molecular weight is 481 g/mol. The predicted molar refractivity (Wildman–Crippen MR) is 128 cm³/mol. The number of thiazole rings is 1. The van der Waals surface area contributed by atoms with Crippen molar-refractivity contribution in [1.29, 1.82) is 0 Å². The maximum Gasteiger partial charge on any atom is 0.240 e. The molecule has 2 heterocycles. The van der Waals surface area contributed by atoms with Crippen molar-refractivity contribution < 1.29 is 23.9 Å². The van der Waals surface area contributed by atoms with Gasteiger partial charge in [-0.2, -0.15) is 0 Å². The van der Waals surface area contributed by atoms with Crippen LogP contribution in [0.3, 0.4) is 0 Å². The molecule has 0 atom stereocenters. The van der Waals surface area contributed by atoms with Crippen molar-refractivity contribution in [3.63, 3.8) is 0 Å². The van der Waals surface area contributed by atoms with E-state index in [1.165, 1.54) is 16.2 Å². The zero-order valence-electron chi connectivity index (χ0n) is 18.6. The fourth-order valence-electron chi connectivity index (χ4n) is 3.32. The van der Waals surface area contributed by atoms with E-state index in [1.54, 1.807) is 29.8 Å². The average Bonchev–Trinajstić information content (AvgIpc) is 3.52. The molecule has 1 aliphatic heterocycles. The van der Waals surface area contributed by atoms with Gasteiger partial charge < -0.3 is 25.0 Å². The fourth-order valence-corrected chi connectivity index (χ4v) is 3.87. The van der Waals surface area contributed by atoms with Gasteiger partial charge in [-0.15, -0.1) is 11.3 Å². The van der Waals surface area contributed by atoms with E-state index < -0.39 is 0 Å². The SMILES string of the molecule is Cc1ccc(N(CC(=O)NCc2ccc3c(c2)OCO3)C(=O)CCC(=O)Nc2nccs2)cc1. The molecule has 2 N–H and O–H groups in total. The summed E-state index contributed by atoms with van der Waals surface area (Å²) in [5.74, 6) is 0.360. The van der Waals surface area contributed by atoms with Crippen LogP contribution in [0.2, 0.25) is 0 Å². The summed E-state index contributed by atoms with van der Waals surface area (Å²) >= 11 is 1.30. The lowest BCUT2D eigenvalue weighted by molar-refractivity contribution is -0.125. The lowest BCUT2D eigenvalue weighted by Gasteiger charge is -2.22. The quantitative estimate of drug-likeness (QED) is 0.487. The Morgan fingerprint density at radius 3 is 2.59 bits per heavy atom. The van der Waals surface area contributed by atoms with E-state index in [1.807, 2.05) is 31.2 Å². The molecule has 0 aliphatic carbocycles. The van der Waals surface area contributed by atoms with Crippen LogP contribution in [0.15, 0.2) is 54.0 Å². The number of aryl methyl sites for hydroxylation is 1. The van der Waals surface area contributed by atoms with Crippen molar-refractivity contribution in [1.82, 2.24) is 10.3 Å². The number of ether oxygens (including phenoxy) is 2. The summed E-state index contributed by atoms with van der Waals surface area (Å²) in [6.07, 6.45) is 1.53. The third-order valence-electron chi connectivity index (χ3n) is 5.12. The first-order chi connectivity index (χ1) is 16.5. The van der Waals surface area contributed by atoms with Crippen LogP contribution in [0.4, 0.5) is 10.8 Å². The molecule has 1 aliphatic rings. The highest BCUT2D eigenvalue weighted by Gasteiger charge is 2.21. The van der Waals surface area contributed by atoms with Gasteiger partial charge >= 0.3 is 0 Å². The second kappa shape index (κ2) is 10.8. The predicted octanol–water partition coefficient (Wildman–Crippen LogP) is 3.25. The molecule has 4 rings (SSSR count). The molecule has 0 saturated carbocycles. The monoisotopic (exact) mass is 480 g/mol. The summed E-state index contributed by atoms with van der Waals surface area (Å²) in [6.45, 7) is 2.24. The molecule has 3 aromatic rings. The number of anilines is 2. The van der Waals surface area contributed by atoms with E-state index in [-0.39, 0.29) is 50.4 Å². The molecule has 9 nitrogen and oxygen atoms in total. The first-order valence-electron chi connectivity index (χ1n) is 10.7. The number of carbonyl (C=O) groups excluding carboxylic acids is 3. The van der Waals surface area contributed by atoms with E-state index in [4.69, 9.17) is 9.47 Å². The van der Waals surface area contributed by atoms with Crippen molar-refractivity contribution in [2.45, 2.75) is 26.3 Å². The third kappa shape index (κ3) is 6.10. The lowest BCUT2D eigenvalue weighted by Crippen LogP contribution is -2.41. The molecule has 34 heavy (non-hydrogen) atoms. The normalized spacial score (nSPS) is 11.7. The molecule has 3 amide bonds. The highest BCUT2D eigenvalue weighted by Crippen LogP contribution is 2.32. The topological polar surface area (TPSA) is 110 Å². The Bertz CT molecular complexity index is 1160. The minimum absolute atomic E-state index is 0.0143. The number of aromatic nitrogens is 1. The maximum absolute atomic E-state index is 13.0. The van der Waals surface area contributed by atoms with Crippen molar-refractivity contribution in [3.05, 3.63) is 65.2 Å². The van der Waals surface area contributed by atoms with Crippen molar-refractivity contribution >= 4 is 39.9 Å². The minimum Gasteiger partial charge on any atom is -0.454 e. The molecule has 176 valence electrons. The van der Waals surface area contributed by atoms with E-state index >= 15 is 0 Å². The Labute approximate surface area is 200 Å². The Hall–Kier alpha value is -3.92. The molecule has 10 heteroatoms. The first kappa shape index (κ1) is 23.2. The molecule has 2 aromatic carbocycles. The fraction of sp³-hybridized carbons (Fsp3) is 0.250. The summed E-state index contributed by atoms with van der Waals surface area (Å²) < 4.78 is 10.7.